The Balaban J connectivity index is 1.41. The van der Waals surface area contributed by atoms with E-state index in [0.29, 0.717) is 37.6 Å². The van der Waals surface area contributed by atoms with Crippen molar-refractivity contribution >= 4 is 17.4 Å². The van der Waals surface area contributed by atoms with E-state index in [1.165, 1.54) is 6.07 Å². The maximum absolute atomic E-state index is 13.5. The highest BCUT2D eigenvalue weighted by atomic mass is 19.4. The molecule has 2 fully saturated rings. The van der Waals surface area contributed by atoms with Crippen molar-refractivity contribution in [3.05, 3.63) is 47.7 Å². The number of hydrogen-bond donors (Lipinski definition) is 1. The number of amides is 1. The van der Waals surface area contributed by atoms with Gasteiger partial charge in [0.05, 0.1) is 11.6 Å². The Morgan fingerprint density at radius 1 is 1.00 bits per heavy atom. The van der Waals surface area contributed by atoms with E-state index in [1.54, 1.807) is 12.1 Å². The van der Waals surface area contributed by atoms with Crippen LogP contribution in [0.5, 0.6) is 0 Å². The maximum atomic E-state index is 13.5. The Morgan fingerprint density at radius 3 is 2.19 bits per heavy atom. The van der Waals surface area contributed by atoms with Gasteiger partial charge in [-0.1, -0.05) is 12.8 Å². The number of aromatic nitrogens is 2. The van der Waals surface area contributed by atoms with Crippen LogP contribution in [0.2, 0.25) is 0 Å². The molecular formula is C22H23F3N6O. The molecule has 32 heavy (non-hydrogen) atoms. The van der Waals surface area contributed by atoms with Crippen LogP contribution in [0.3, 0.4) is 0 Å². The van der Waals surface area contributed by atoms with Gasteiger partial charge in [-0.25, -0.2) is 0 Å². The Bertz CT molecular complexity index is 986. The molecule has 1 aliphatic carbocycles. The summed E-state index contributed by atoms with van der Waals surface area (Å²) in [6.45, 7) is 1.86. The first kappa shape index (κ1) is 21.9. The van der Waals surface area contributed by atoms with E-state index in [9.17, 15) is 18.0 Å². The second kappa shape index (κ2) is 8.65. The standard InChI is InChI=1S/C22H23F3N6O/c23-22(24,25)18-7-8-19(29-28-18)30-11-13-31(14-12-30)20(32)21(9-1-2-10-21)27-17-5-3-16(15-26)4-6-17/h3-8,27H,1-2,9-14H2. The molecule has 1 saturated heterocycles. The van der Waals surface area contributed by atoms with Crippen LogP contribution in [0.15, 0.2) is 36.4 Å². The summed E-state index contributed by atoms with van der Waals surface area (Å²) < 4.78 is 38.1. The fourth-order valence-corrected chi connectivity index (χ4v) is 4.36. The van der Waals surface area contributed by atoms with Crippen molar-refractivity contribution in [1.29, 1.82) is 5.26 Å². The number of rotatable bonds is 4. The first-order valence-corrected chi connectivity index (χ1v) is 10.5. The van der Waals surface area contributed by atoms with Gasteiger partial charge in [-0.05, 0) is 49.2 Å². The van der Waals surface area contributed by atoms with Crippen LogP contribution >= 0.6 is 0 Å². The quantitative estimate of drug-likeness (QED) is 0.778. The van der Waals surface area contributed by atoms with Crippen molar-refractivity contribution in [2.24, 2.45) is 0 Å². The molecule has 0 spiro atoms. The molecule has 2 heterocycles. The van der Waals surface area contributed by atoms with E-state index in [0.717, 1.165) is 37.4 Å². The molecule has 0 bridgehead atoms. The van der Waals surface area contributed by atoms with Gasteiger partial charge in [-0.2, -0.15) is 18.4 Å². The average molecular weight is 444 g/mol. The summed E-state index contributed by atoms with van der Waals surface area (Å²) in [7, 11) is 0. The Morgan fingerprint density at radius 2 is 1.66 bits per heavy atom. The predicted octanol–water partition coefficient (Wildman–Crippen LogP) is 3.44. The summed E-state index contributed by atoms with van der Waals surface area (Å²) >= 11 is 0. The lowest BCUT2D eigenvalue weighted by molar-refractivity contribution is -0.141. The minimum absolute atomic E-state index is 0.0394. The van der Waals surface area contributed by atoms with Crippen LogP contribution in [0.25, 0.3) is 0 Å². The van der Waals surface area contributed by atoms with Gasteiger partial charge in [0.2, 0.25) is 5.91 Å². The third-order valence-electron chi connectivity index (χ3n) is 6.10. The lowest BCUT2D eigenvalue weighted by atomic mass is 9.94. The van der Waals surface area contributed by atoms with Gasteiger partial charge < -0.3 is 15.1 Å². The van der Waals surface area contributed by atoms with E-state index in [1.807, 2.05) is 21.9 Å². The number of halogens is 3. The zero-order valence-electron chi connectivity index (χ0n) is 17.4. The first-order valence-electron chi connectivity index (χ1n) is 10.5. The fraction of sp³-hybridized carbons (Fsp3) is 0.455. The summed E-state index contributed by atoms with van der Waals surface area (Å²) in [6, 6.07) is 11.4. The summed E-state index contributed by atoms with van der Waals surface area (Å²) in [4.78, 5) is 17.1. The van der Waals surface area contributed by atoms with Gasteiger partial charge in [0.15, 0.2) is 11.5 Å². The highest BCUT2D eigenvalue weighted by Gasteiger charge is 2.44. The summed E-state index contributed by atoms with van der Waals surface area (Å²) in [6.07, 6.45) is -1.15. The molecule has 1 N–H and O–H groups in total. The highest BCUT2D eigenvalue weighted by molar-refractivity contribution is 5.90. The molecule has 0 atom stereocenters. The highest BCUT2D eigenvalue weighted by Crippen LogP contribution is 2.35. The Hall–Kier alpha value is -3.35. The molecular weight excluding hydrogens is 421 g/mol. The molecule has 7 nitrogen and oxygen atoms in total. The molecule has 1 aromatic heterocycles. The number of alkyl halides is 3. The Kier molecular flexibility index (Phi) is 5.91. The first-order chi connectivity index (χ1) is 15.3. The molecule has 168 valence electrons. The molecule has 4 rings (SSSR count). The van der Waals surface area contributed by atoms with Gasteiger partial charge in [0.25, 0.3) is 0 Å². The van der Waals surface area contributed by atoms with Crippen molar-refractivity contribution in [3.63, 3.8) is 0 Å². The SMILES string of the molecule is N#Cc1ccc(NC2(C(=O)N3CCN(c4ccc(C(F)(F)F)nn4)CC3)CCCC2)cc1. The van der Waals surface area contributed by atoms with Crippen molar-refractivity contribution in [2.75, 3.05) is 36.4 Å². The summed E-state index contributed by atoms with van der Waals surface area (Å²) in [5, 5.41) is 19.4. The van der Waals surface area contributed by atoms with Crippen LogP contribution in [0.1, 0.15) is 36.9 Å². The molecule has 1 amide bonds. The van der Waals surface area contributed by atoms with Crippen LogP contribution in [-0.2, 0) is 11.0 Å². The van der Waals surface area contributed by atoms with Crippen molar-refractivity contribution in [2.45, 2.75) is 37.4 Å². The van der Waals surface area contributed by atoms with Gasteiger partial charge in [0.1, 0.15) is 5.54 Å². The number of anilines is 2. The molecule has 1 saturated carbocycles. The second-order valence-corrected chi connectivity index (χ2v) is 8.16. The fourth-order valence-electron chi connectivity index (χ4n) is 4.36. The molecule has 0 unspecified atom stereocenters. The van der Waals surface area contributed by atoms with Crippen molar-refractivity contribution in [1.82, 2.24) is 15.1 Å². The number of nitrogens with one attached hydrogen (secondary N) is 1. The minimum atomic E-state index is -4.52. The van der Waals surface area contributed by atoms with Crippen molar-refractivity contribution < 1.29 is 18.0 Å². The minimum Gasteiger partial charge on any atom is -0.371 e. The van der Waals surface area contributed by atoms with Crippen LogP contribution in [-0.4, -0.2) is 52.7 Å². The second-order valence-electron chi connectivity index (χ2n) is 8.16. The number of piperazine rings is 1. The zero-order valence-corrected chi connectivity index (χ0v) is 17.4. The van der Waals surface area contributed by atoms with Gasteiger partial charge in [-0.15, -0.1) is 10.2 Å². The molecule has 2 aliphatic rings. The van der Waals surface area contributed by atoms with Crippen molar-refractivity contribution in [3.8, 4) is 6.07 Å². The van der Waals surface area contributed by atoms with Crippen LogP contribution in [0.4, 0.5) is 24.7 Å². The largest absolute Gasteiger partial charge is 0.435 e. The Labute approximate surface area is 183 Å². The number of nitrogens with zero attached hydrogens (tertiary/aromatic N) is 5. The number of nitriles is 1. The maximum Gasteiger partial charge on any atom is 0.435 e. The third kappa shape index (κ3) is 4.47. The van der Waals surface area contributed by atoms with Crippen LogP contribution < -0.4 is 10.2 Å². The summed E-state index contributed by atoms with van der Waals surface area (Å²) in [5.41, 5.74) is -0.334. The number of benzene rings is 1. The monoisotopic (exact) mass is 444 g/mol. The van der Waals surface area contributed by atoms with E-state index >= 15 is 0 Å². The molecule has 0 radical (unpaired) electrons. The third-order valence-corrected chi connectivity index (χ3v) is 6.10. The van der Waals surface area contributed by atoms with Gasteiger partial charge in [-0.3, -0.25) is 4.79 Å². The molecule has 10 heteroatoms. The average Bonchev–Trinajstić information content (AvgIpc) is 3.28. The lowest BCUT2D eigenvalue weighted by Crippen LogP contribution is -2.57. The molecule has 1 aromatic carbocycles. The lowest BCUT2D eigenvalue weighted by Gasteiger charge is -2.40. The van der Waals surface area contributed by atoms with Gasteiger partial charge in [0, 0.05) is 31.9 Å². The van der Waals surface area contributed by atoms with E-state index in [-0.39, 0.29) is 5.91 Å². The molecule has 1 aliphatic heterocycles. The number of hydrogen-bond acceptors (Lipinski definition) is 6. The molecule has 2 aromatic rings. The number of carbonyl (C=O) groups excluding carboxylic acids is 1. The van der Waals surface area contributed by atoms with E-state index in [4.69, 9.17) is 5.26 Å². The number of carbonyl (C=O) groups is 1. The van der Waals surface area contributed by atoms with E-state index in [2.05, 4.69) is 21.6 Å². The van der Waals surface area contributed by atoms with Crippen LogP contribution in [0, 0.1) is 11.3 Å². The smallest absolute Gasteiger partial charge is 0.371 e. The normalized spacial score (nSPS) is 18.3. The predicted molar refractivity (Wildman–Crippen MR) is 112 cm³/mol. The summed E-state index contributed by atoms with van der Waals surface area (Å²) in [5.74, 6) is 0.411. The van der Waals surface area contributed by atoms with E-state index < -0.39 is 17.4 Å². The van der Waals surface area contributed by atoms with Gasteiger partial charge >= 0.3 is 6.18 Å². The zero-order chi connectivity index (χ0) is 22.8. The topological polar surface area (TPSA) is 85.2 Å².